The number of rotatable bonds is 2. The van der Waals surface area contributed by atoms with E-state index < -0.39 is 6.03 Å². The average Bonchev–Trinajstić information content (AvgIpc) is 2.86. The maximum absolute atomic E-state index is 11.7. The Balaban J connectivity index is 1.90. The molecule has 1 aromatic heterocycles. The van der Waals surface area contributed by atoms with Crippen LogP contribution < -0.4 is 11.1 Å². The number of nitrogens with zero attached hydrogens (tertiary/aromatic N) is 1. The summed E-state index contributed by atoms with van der Waals surface area (Å²) in [6.07, 6.45) is 0.684. The molecule has 1 saturated heterocycles. The fourth-order valence-electron chi connectivity index (χ4n) is 1.77. The monoisotopic (exact) mass is 257 g/mol. The van der Waals surface area contributed by atoms with Crippen molar-refractivity contribution in [3.8, 4) is 0 Å². The first-order valence-corrected chi connectivity index (χ1v) is 5.54. The zero-order chi connectivity index (χ0) is 12.4. The molecule has 1 unspecified atom stereocenters. The van der Waals surface area contributed by atoms with Gasteiger partial charge < -0.3 is 20.4 Å². The number of primary amides is 1. The zero-order valence-corrected chi connectivity index (χ0v) is 9.74. The number of carbonyl (C=O) groups excluding carboxylic acids is 2. The quantitative estimate of drug-likeness (QED) is 0.822. The predicted molar refractivity (Wildman–Crippen MR) is 60.7 cm³/mol. The number of halogens is 1. The SMILES string of the molecule is NC(=O)N1CCC(NC(=O)c2ccc(Cl)o2)C1. The first-order chi connectivity index (χ1) is 8.06. The largest absolute Gasteiger partial charge is 0.440 e. The van der Waals surface area contributed by atoms with Crippen LogP contribution in [-0.2, 0) is 0 Å². The summed E-state index contributed by atoms with van der Waals surface area (Å²) >= 11 is 5.57. The molecule has 1 atom stereocenters. The van der Waals surface area contributed by atoms with E-state index in [4.69, 9.17) is 21.8 Å². The van der Waals surface area contributed by atoms with Gasteiger partial charge in [-0.1, -0.05) is 0 Å². The molecule has 0 bridgehead atoms. The van der Waals surface area contributed by atoms with E-state index in [1.54, 1.807) is 0 Å². The molecule has 0 radical (unpaired) electrons. The molecule has 0 aromatic carbocycles. The Morgan fingerprint density at radius 1 is 1.53 bits per heavy atom. The molecular formula is C10H12ClN3O3. The van der Waals surface area contributed by atoms with Crippen molar-refractivity contribution < 1.29 is 14.0 Å². The van der Waals surface area contributed by atoms with Crippen LogP contribution in [0, 0.1) is 0 Å². The number of carbonyl (C=O) groups is 2. The van der Waals surface area contributed by atoms with Crippen LogP contribution in [-0.4, -0.2) is 36.0 Å². The number of urea groups is 1. The van der Waals surface area contributed by atoms with E-state index in [9.17, 15) is 9.59 Å². The lowest BCUT2D eigenvalue weighted by Crippen LogP contribution is -2.39. The Hall–Kier alpha value is -1.69. The molecule has 1 fully saturated rings. The number of nitrogens with one attached hydrogen (secondary N) is 1. The Bertz CT molecular complexity index is 446. The number of furan rings is 1. The van der Waals surface area contributed by atoms with Crippen LogP contribution in [0.4, 0.5) is 4.79 Å². The van der Waals surface area contributed by atoms with Gasteiger partial charge in [-0.2, -0.15) is 0 Å². The normalized spacial score (nSPS) is 19.4. The van der Waals surface area contributed by atoms with Gasteiger partial charge in [0.2, 0.25) is 0 Å². The number of nitrogens with two attached hydrogens (primary N) is 1. The van der Waals surface area contributed by atoms with Gasteiger partial charge >= 0.3 is 6.03 Å². The van der Waals surface area contributed by atoms with Crippen LogP contribution in [0.3, 0.4) is 0 Å². The average molecular weight is 258 g/mol. The van der Waals surface area contributed by atoms with E-state index in [2.05, 4.69) is 5.32 Å². The summed E-state index contributed by atoms with van der Waals surface area (Å²) in [6, 6.07) is 2.43. The molecule has 3 N–H and O–H groups in total. The zero-order valence-electron chi connectivity index (χ0n) is 8.98. The van der Waals surface area contributed by atoms with Gasteiger partial charge in [0, 0.05) is 19.1 Å². The lowest BCUT2D eigenvalue weighted by molar-refractivity contribution is 0.0910. The molecule has 17 heavy (non-hydrogen) atoms. The molecule has 0 spiro atoms. The van der Waals surface area contributed by atoms with Crippen LogP contribution in [0.1, 0.15) is 17.0 Å². The van der Waals surface area contributed by atoms with Gasteiger partial charge in [0.15, 0.2) is 11.0 Å². The summed E-state index contributed by atoms with van der Waals surface area (Å²) in [5.41, 5.74) is 5.14. The minimum atomic E-state index is -0.470. The van der Waals surface area contributed by atoms with Crippen LogP contribution in [0.2, 0.25) is 5.22 Å². The van der Waals surface area contributed by atoms with Crippen LogP contribution in [0.5, 0.6) is 0 Å². The summed E-state index contributed by atoms with van der Waals surface area (Å²) in [5, 5.41) is 2.92. The smallest absolute Gasteiger partial charge is 0.314 e. The highest BCUT2D eigenvalue weighted by Gasteiger charge is 2.26. The highest BCUT2D eigenvalue weighted by molar-refractivity contribution is 6.29. The Kier molecular flexibility index (Phi) is 3.23. The summed E-state index contributed by atoms with van der Waals surface area (Å²) in [5.74, 6) is -0.180. The topological polar surface area (TPSA) is 88.6 Å². The second-order valence-electron chi connectivity index (χ2n) is 3.85. The number of hydrogen-bond donors (Lipinski definition) is 2. The molecule has 3 amide bonds. The van der Waals surface area contributed by atoms with Crippen molar-refractivity contribution in [3.63, 3.8) is 0 Å². The first-order valence-electron chi connectivity index (χ1n) is 5.17. The van der Waals surface area contributed by atoms with Gasteiger partial charge in [-0.05, 0) is 30.2 Å². The second-order valence-corrected chi connectivity index (χ2v) is 4.22. The Morgan fingerprint density at radius 3 is 2.82 bits per heavy atom. The summed E-state index contributed by atoms with van der Waals surface area (Å²) in [6.45, 7) is 0.981. The molecule has 6 nitrogen and oxygen atoms in total. The lowest BCUT2D eigenvalue weighted by Gasteiger charge is -2.13. The van der Waals surface area contributed by atoms with Gasteiger partial charge in [0.1, 0.15) is 0 Å². The molecule has 0 saturated carbocycles. The van der Waals surface area contributed by atoms with E-state index in [-0.39, 0.29) is 22.9 Å². The van der Waals surface area contributed by atoms with E-state index in [1.807, 2.05) is 0 Å². The molecule has 0 aliphatic carbocycles. The molecule has 7 heteroatoms. The van der Waals surface area contributed by atoms with Crippen molar-refractivity contribution in [2.75, 3.05) is 13.1 Å². The van der Waals surface area contributed by atoms with Crippen molar-refractivity contribution in [1.29, 1.82) is 0 Å². The predicted octanol–water partition coefficient (Wildman–Crippen LogP) is 0.816. The maximum atomic E-state index is 11.7. The van der Waals surface area contributed by atoms with Gasteiger partial charge in [0.25, 0.3) is 5.91 Å². The van der Waals surface area contributed by atoms with Crippen LogP contribution in [0.25, 0.3) is 0 Å². The molecule has 1 aromatic rings. The van der Waals surface area contributed by atoms with E-state index in [0.29, 0.717) is 19.5 Å². The fraction of sp³-hybridized carbons (Fsp3) is 0.400. The second kappa shape index (κ2) is 4.67. The summed E-state index contributed by atoms with van der Waals surface area (Å²) in [7, 11) is 0. The van der Waals surface area contributed by atoms with Crippen LogP contribution in [0.15, 0.2) is 16.5 Å². The molecule has 1 aliphatic heterocycles. The van der Waals surface area contributed by atoms with Crippen molar-refractivity contribution in [2.24, 2.45) is 5.73 Å². The van der Waals surface area contributed by atoms with E-state index >= 15 is 0 Å². The fourth-order valence-corrected chi connectivity index (χ4v) is 1.92. The van der Waals surface area contributed by atoms with Gasteiger partial charge in [-0.3, -0.25) is 4.79 Å². The third kappa shape index (κ3) is 2.71. The van der Waals surface area contributed by atoms with Crippen molar-refractivity contribution in [2.45, 2.75) is 12.5 Å². The Morgan fingerprint density at radius 2 is 2.29 bits per heavy atom. The minimum absolute atomic E-state index is 0.0983. The third-order valence-corrected chi connectivity index (χ3v) is 2.84. The maximum Gasteiger partial charge on any atom is 0.314 e. The minimum Gasteiger partial charge on any atom is -0.440 e. The summed E-state index contributed by atoms with van der Waals surface area (Å²) < 4.78 is 4.98. The molecule has 1 aliphatic rings. The Labute approximate surface area is 103 Å². The van der Waals surface area contributed by atoms with Crippen LogP contribution >= 0.6 is 11.6 Å². The van der Waals surface area contributed by atoms with Gasteiger partial charge in [-0.25, -0.2) is 4.79 Å². The number of likely N-dealkylation sites (tertiary alicyclic amines) is 1. The molecule has 2 heterocycles. The molecular weight excluding hydrogens is 246 g/mol. The summed E-state index contributed by atoms with van der Waals surface area (Å²) in [4.78, 5) is 24.1. The molecule has 92 valence electrons. The van der Waals surface area contributed by atoms with Crippen molar-refractivity contribution in [1.82, 2.24) is 10.2 Å². The van der Waals surface area contributed by atoms with Crippen molar-refractivity contribution in [3.05, 3.63) is 23.1 Å². The number of hydrogen-bond acceptors (Lipinski definition) is 3. The van der Waals surface area contributed by atoms with Gasteiger partial charge in [0.05, 0.1) is 0 Å². The van der Waals surface area contributed by atoms with Gasteiger partial charge in [-0.15, -0.1) is 0 Å². The van der Waals surface area contributed by atoms with Crippen molar-refractivity contribution >= 4 is 23.5 Å². The molecule has 2 rings (SSSR count). The standard InChI is InChI=1S/C10H12ClN3O3/c11-8-2-1-7(17-8)9(15)13-6-3-4-14(5-6)10(12)16/h1-2,6H,3-5H2,(H2,12,16)(H,13,15). The first kappa shape index (κ1) is 11.8. The number of amides is 3. The van der Waals surface area contributed by atoms with E-state index in [0.717, 1.165) is 0 Å². The highest BCUT2D eigenvalue weighted by atomic mass is 35.5. The van der Waals surface area contributed by atoms with E-state index in [1.165, 1.54) is 17.0 Å². The lowest BCUT2D eigenvalue weighted by atomic mass is 10.2. The third-order valence-electron chi connectivity index (χ3n) is 2.63. The highest BCUT2D eigenvalue weighted by Crippen LogP contribution is 2.14.